The van der Waals surface area contributed by atoms with E-state index in [0.717, 1.165) is 0 Å². The number of aromatic nitrogens is 2. The Bertz CT molecular complexity index is 775. The summed E-state index contributed by atoms with van der Waals surface area (Å²) in [6, 6.07) is 4.44. The van der Waals surface area contributed by atoms with Crippen molar-refractivity contribution in [3.05, 3.63) is 53.1 Å². The van der Waals surface area contributed by atoms with Crippen LogP contribution in [-0.2, 0) is 10.2 Å². The van der Waals surface area contributed by atoms with Gasteiger partial charge in [0.2, 0.25) is 0 Å². The van der Waals surface area contributed by atoms with Gasteiger partial charge in [-0.25, -0.2) is 9.07 Å². The lowest BCUT2D eigenvalue weighted by Crippen LogP contribution is -2.34. The molecule has 2 aromatic rings. The Kier molecular flexibility index (Phi) is 4.11. The molecule has 2 atom stereocenters. The highest BCUT2D eigenvalue weighted by atomic mass is 19.3. The number of halogens is 3. The average molecular weight is 338 g/mol. The first-order valence-electron chi connectivity index (χ1n) is 7.66. The van der Waals surface area contributed by atoms with Gasteiger partial charge in [0, 0.05) is 6.20 Å². The van der Waals surface area contributed by atoms with Crippen LogP contribution in [0.4, 0.5) is 13.2 Å². The number of hydrogen-bond acceptors (Lipinski definition) is 2. The number of carboxylic acid groups (broad SMARTS) is 1. The maximum Gasteiger partial charge on any atom is 0.333 e. The summed E-state index contributed by atoms with van der Waals surface area (Å²) in [5, 5.41) is 13.4. The molecular weight excluding hydrogens is 321 g/mol. The number of rotatable bonds is 4. The highest BCUT2D eigenvalue weighted by Crippen LogP contribution is 2.49. The van der Waals surface area contributed by atoms with Crippen LogP contribution in [0.25, 0.3) is 0 Å². The maximum atomic E-state index is 13.9. The SMILES string of the molecule is Cc1c(F)cccc1[C@]1(C(=O)O)CC[C@@H](c2cnn(C(F)F)c2)C1. The smallest absolute Gasteiger partial charge is 0.333 e. The summed E-state index contributed by atoms with van der Waals surface area (Å²) in [6.07, 6.45) is 3.70. The first-order valence-corrected chi connectivity index (χ1v) is 7.66. The average Bonchev–Trinajstić information content (AvgIpc) is 3.17. The molecule has 24 heavy (non-hydrogen) atoms. The quantitative estimate of drug-likeness (QED) is 0.916. The lowest BCUT2D eigenvalue weighted by Gasteiger charge is -2.27. The number of nitrogens with zero attached hydrogens (tertiary/aromatic N) is 2. The lowest BCUT2D eigenvalue weighted by molar-refractivity contribution is -0.143. The molecule has 0 amide bonds. The molecule has 0 radical (unpaired) electrons. The van der Waals surface area contributed by atoms with Crippen LogP contribution in [0.15, 0.2) is 30.6 Å². The van der Waals surface area contributed by atoms with Crippen LogP contribution in [0.2, 0.25) is 0 Å². The van der Waals surface area contributed by atoms with Gasteiger partial charge < -0.3 is 5.11 Å². The molecule has 1 aliphatic rings. The van der Waals surface area contributed by atoms with E-state index in [1.807, 2.05) is 0 Å². The lowest BCUT2D eigenvalue weighted by atomic mass is 9.76. The summed E-state index contributed by atoms with van der Waals surface area (Å²) < 4.78 is 39.8. The van der Waals surface area contributed by atoms with Crippen LogP contribution in [0, 0.1) is 12.7 Å². The van der Waals surface area contributed by atoms with E-state index >= 15 is 0 Å². The van der Waals surface area contributed by atoms with Crippen molar-refractivity contribution in [1.82, 2.24) is 9.78 Å². The van der Waals surface area contributed by atoms with Gasteiger partial charge in [-0.3, -0.25) is 4.79 Å². The van der Waals surface area contributed by atoms with Gasteiger partial charge in [0.15, 0.2) is 0 Å². The molecule has 1 aromatic carbocycles. The monoisotopic (exact) mass is 338 g/mol. The van der Waals surface area contributed by atoms with E-state index in [1.54, 1.807) is 13.0 Å². The van der Waals surface area contributed by atoms with Crippen LogP contribution < -0.4 is 0 Å². The first kappa shape index (κ1) is 16.5. The second-order valence-corrected chi connectivity index (χ2v) is 6.27. The largest absolute Gasteiger partial charge is 0.481 e. The Morgan fingerprint density at radius 1 is 1.46 bits per heavy atom. The van der Waals surface area contributed by atoms with E-state index in [9.17, 15) is 23.1 Å². The zero-order chi connectivity index (χ0) is 17.5. The third-order valence-corrected chi connectivity index (χ3v) is 5.00. The molecule has 1 N–H and O–H groups in total. The topological polar surface area (TPSA) is 55.1 Å². The highest BCUT2D eigenvalue weighted by Gasteiger charge is 2.48. The van der Waals surface area contributed by atoms with Crippen LogP contribution >= 0.6 is 0 Å². The second kappa shape index (κ2) is 5.96. The Labute approximate surface area is 136 Å². The number of carboxylic acids is 1. The number of alkyl halides is 2. The zero-order valence-electron chi connectivity index (χ0n) is 13.0. The van der Waals surface area contributed by atoms with Crippen molar-refractivity contribution in [2.75, 3.05) is 0 Å². The van der Waals surface area contributed by atoms with E-state index in [0.29, 0.717) is 34.2 Å². The van der Waals surface area contributed by atoms with Crippen molar-refractivity contribution < 1.29 is 23.1 Å². The third-order valence-electron chi connectivity index (χ3n) is 5.00. The number of carbonyl (C=O) groups is 1. The molecule has 0 spiro atoms. The molecule has 1 fully saturated rings. The standard InChI is InChI=1S/C17H17F3N2O2/c1-10-13(3-2-4-14(10)18)17(15(23)24)6-5-11(7-17)12-8-21-22(9-12)16(19)20/h2-4,8-9,11,16H,5-7H2,1H3,(H,23,24)/t11-,17+/m1/s1. The van der Waals surface area contributed by atoms with Crippen molar-refractivity contribution in [3.8, 4) is 0 Å². The highest BCUT2D eigenvalue weighted by molar-refractivity contribution is 5.82. The van der Waals surface area contributed by atoms with Crippen molar-refractivity contribution in [1.29, 1.82) is 0 Å². The van der Waals surface area contributed by atoms with Gasteiger partial charge in [-0.1, -0.05) is 12.1 Å². The van der Waals surface area contributed by atoms with Crippen molar-refractivity contribution in [3.63, 3.8) is 0 Å². The number of hydrogen-bond donors (Lipinski definition) is 1. The van der Waals surface area contributed by atoms with Crippen molar-refractivity contribution in [2.24, 2.45) is 0 Å². The summed E-state index contributed by atoms with van der Waals surface area (Å²) in [5.74, 6) is -1.65. The minimum atomic E-state index is -2.73. The fourth-order valence-corrected chi connectivity index (χ4v) is 3.68. The third kappa shape index (κ3) is 2.57. The van der Waals surface area contributed by atoms with E-state index in [1.165, 1.54) is 24.5 Å². The molecule has 1 aromatic heterocycles. The van der Waals surface area contributed by atoms with Gasteiger partial charge in [0.05, 0.1) is 11.6 Å². The summed E-state index contributed by atoms with van der Waals surface area (Å²) in [5.41, 5.74) is 0.166. The number of aliphatic carboxylic acids is 1. The molecule has 0 saturated heterocycles. The fourth-order valence-electron chi connectivity index (χ4n) is 3.68. The van der Waals surface area contributed by atoms with Gasteiger partial charge >= 0.3 is 12.5 Å². The fraction of sp³-hybridized carbons (Fsp3) is 0.412. The van der Waals surface area contributed by atoms with Crippen LogP contribution in [0.1, 0.15) is 48.4 Å². The van der Waals surface area contributed by atoms with Crippen LogP contribution in [0.5, 0.6) is 0 Å². The van der Waals surface area contributed by atoms with E-state index in [-0.39, 0.29) is 12.3 Å². The van der Waals surface area contributed by atoms with E-state index < -0.39 is 23.8 Å². The van der Waals surface area contributed by atoms with Crippen molar-refractivity contribution in [2.45, 2.75) is 44.1 Å². The van der Waals surface area contributed by atoms with Gasteiger partial charge in [-0.15, -0.1) is 0 Å². The second-order valence-electron chi connectivity index (χ2n) is 6.27. The Morgan fingerprint density at radius 2 is 2.21 bits per heavy atom. The van der Waals surface area contributed by atoms with Gasteiger partial charge in [0.25, 0.3) is 0 Å². The molecule has 128 valence electrons. The zero-order valence-corrected chi connectivity index (χ0v) is 13.0. The van der Waals surface area contributed by atoms with Gasteiger partial charge in [-0.05, 0) is 54.9 Å². The summed E-state index contributed by atoms with van der Waals surface area (Å²) >= 11 is 0. The normalized spacial score (nSPS) is 23.8. The van der Waals surface area contributed by atoms with Crippen LogP contribution in [0.3, 0.4) is 0 Å². The molecule has 1 heterocycles. The predicted octanol–water partition coefficient (Wildman–Crippen LogP) is 4.02. The minimum Gasteiger partial charge on any atom is -0.481 e. The molecule has 1 aliphatic carbocycles. The Balaban J connectivity index is 1.96. The Hall–Kier alpha value is -2.31. The molecule has 0 bridgehead atoms. The summed E-state index contributed by atoms with van der Waals surface area (Å²) in [6.45, 7) is -1.16. The summed E-state index contributed by atoms with van der Waals surface area (Å²) in [4.78, 5) is 12.0. The molecule has 4 nitrogen and oxygen atoms in total. The molecule has 0 unspecified atom stereocenters. The van der Waals surface area contributed by atoms with Crippen LogP contribution in [-0.4, -0.2) is 20.9 Å². The van der Waals surface area contributed by atoms with Crippen molar-refractivity contribution >= 4 is 5.97 Å². The van der Waals surface area contributed by atoms with Gasteiger partial charge in [0.1, 0.15) is 5.82 Å². The molecule has 0 aliphatic heterocycles. The van der Waals surface area contributed by atoms with Gasteiger partial charge in [-0.2, -0.15) is 13.9 Å². The first-order chi connectivity index (χ1) is 11.3. The molecule has 7 heteroatoms. The van der Waals surface area contributed by atoms with E-state index in [4.69, 9.17) is 0 Å². The molecule has 1 saturated carbocycles. The predicted molar refractivity (Wildman–Crippen MR) is 80.5 cm³/mol. The van der Waals surface area contributed by atoms with E-state index in [2.05, 4.69) is 5.10 Å². The number of benzene rings is 1. The molecule has 3 rings (SSSR count). The molecular formula is C17H17F3N2O2. The Morgan fingerprint density at radius 3 is 2.83 bits per heavy atom. The minimum absolute atomic E-state index is 0.198. The summed E-state index contributed by atoms with van der Waals surface area (Å²) in [7, 11) is 0. The maximum absolute atomic E-state index is 13.9.